The summed E-state index contributed by atoms with van der Waals surface area (Å²) in [5.74, 6) is -1.38. The highest BCUT2D eigenvalue weighted by atomic mass is 35.5. The number of halogens is 2. The molecule has 0 unspecified atom stereocenters. The van der Waals surface area contributed by atoms with Gasteiger partial charge in [0.05, 0.1) is 27.0 Å². The third-order valence-electron chi connectivity index (χ3n) is 4.16. The number of nitrogens with one attached hydrogen (secondary N) is 2. The van der Waals surface area contributed by atoms with Gasteiger partial charge in [-0.2, -0.15) is 5.10 Å². The average Bonchev–Trinajstić information content (AvgIpc) is 2.98. The van der Waals surface area contributed by atoms with Crippen LogP contribution in [0.2, 0.25) is 10.0 Å². The van der Waals surface area contributed by atoms with Gasteiger partial charge in [-0.15, -0.1) is 0 Å². The molecule has 3 rings (SSSR count). The van der Waals surface area contributed by atoms with Gasteiger partial charge in [-0.1, -0.05) is 23.2 Å². The quantitative estimate of drug-likeness (QED) is 0.285. The van der Waals surface area contributed by atoms with Gasteiger partial charge in [0.25, 0.3) is 11.5 Å². The highest BCUT2D eigenvalue weighted by Crippen LogP contribution is 2.25. The molecule has 0 atom stereocenters. The first-order valence-corrected chi connectivity index (χ1v) is 9.08. The second-order valence-electron chi connectivity index (χ2n) is 6.19. The maximum atomic E-state index is 12.8. The van der Waals surface area contributed by atoms with Gasteiger partial charge in [0.1, 0.15) is 0 Å². The number of amides is 1. The van der Waals surface area contributed by atoms with Crippen LogP contribution in [0.25, 0.3) is 5.69 Å². The summed E-state index contributed by atoms with van der Waals surface area (Å²) < 4.78 is 1.30. The summed E-state index contributed by atoms with van der Waals surface area (Å²) in [6.45, 7) is 3.27. The number of aryl methyl sites for hydroxylation is 1. The molecule has 0 spiro atoms. The van der Waals surface area contributed by atoms with Crippen molar-refractivity contribution >= 4 is 34.8 Å². The van der Waals surface area contributed by atoms with Crippen molar-refractivity contribution in [3.8, 4) is 17.2 Å². The molecule has 1 aromatic heterocycles. The third-order valence-corrected chi connectivity index (χ3v) is 4.90. The second-order valence-corrected chi connectivity index (χ2v) is 7.01. The Morgan fingerprint density at radius 1 is 1.10 bits per heavy atom. The van der Waals surface area contributed by atoms with Crippen molar-refractivity contribution < 1.29 is 15.0 Å². The number of aromatic hydroxyl groups is 2. The Kier molecular flexibility index (Phi) is 5.67. The summed E-state index contributed by atoms with van der Waals surface area (Å²) in [6.07, 6.45) is 0. The molecule has 1 amide bonds. The van der Waals surface area contributed by atoms with E-state index in [1.165, 1.54) is 16.8 Å². The Bertz CT molecular complexity index is 1200. The van der Waals surface area contributed by atoms with E-state index in [-0.39, 0.29) is 28.1 Å². The summed E-state index contributed by atoms with van der Waals surface area (Å²) in [7, 11) is 0. The Morgan fingerprint density at radius 3 is 2.48 bits per heavy atom. The molecule has 150 valence electrons. The van der Waals surface area contributed by atoms with E-state index in [1.807, 2.05) is 0 Å². The summed E-state index contributed by atoms with van der Waals surface area (Å²) in [6, 6.07) is 8.39. The molecule has 29 heavy (non-hydrogen) atoms. The maximum Gasteiger partial charge on any atom is 0.280 e. The monoisotopic (exact) mass is 434 g/mol. The van der Waals surface area contributed by atoms with Crippen LogP contribution in [0.4, 0.5) is 0 Å². The SMILES string of the molecule is C/C(=N/NC(=O)c1ccc(O)c(O)c1)c1c(C)[nH]n(-c2ccc(Cl)c(Cl)c2)c1=O. The Balaban J connectivity index is 1.89. The number of rotatable bonds is 4. The molecule has 0 aliphatic heterocycles. The minimum Gasteiger partial charge on any atom is -0.504 e. The molecule has 10 heteroatoms. The number of benzene rings is 2. The lowest BCUT2D eigenvalue weighted by Gasteiger charge is -2.04. The molecule has 0 saturated carbocycles. The summed E-state index contributed by atoms with van der Waals surface area (Å²) >= 11 is 11.9. The van der Waals surface area contributed by atoms with E-state index >= 15 is 0 Å². The smallest absolute Gasteiger partial charge is 0.280 e. The second kappa shape index (κ2) is 8.02. The lowest BCUT2D eigenvalue weighted by molar-refractivity contribution is 0.0954. The number of hydrogen-bond donors (Lipinski definition) is 4. The van der Waals surface area contributed by atoms with Crippen molar-refractivity contribution in [3.05, 3.63) is 73.6 Å². The van der Waals surface area contributed by atoms with E-state index in [0.29, 0.717) is 21.4 Å². The van der Waals surface area contributed by atoms with E-state index in [1.54, 1.807) is 32.0 Å². The number of nitrogens with zero attached hydrogens (tertiary/aromatic N) is 2. The molecule has 1 heterocycles. The third kappa shape index (κ3) is 4.13. The van der Waals surface area contributed by atoms with Gasteiger partial charge >= 0.3 is 0 Å². The van der Waals surface area contributed by atoms with Crippen LogP contribution >= 0.6 is 23.2 Å². The highest BCUT2D eigenvalue weighted by Gasteiger charge is 2.16. The topological polar surface area (TPSA) is 120 Å². The van der Waals surface area contributed by atoms with Crippen molar-refractivity contribution in [2.75, 3.05) is 0 Å². The number of aromatic amines is 1. The zero-order chi connectivity index (χ0) is 21.3. The lowest BCUT2D eigenvalue weighted by atomic mass is 10.2. The normalized spacial score (nSPS) is 11.5. The van der Waals surface area contributed by atoms with E-state index in [4.69, 9.17) is 23.2 Å². The Morgan fingerprint density at radius 2 is 1.83 bits per heavy atom. The van der Waals surface area contributed by atoms with Gasteiger partial charge < -0.3 is 10.2 Å². The van der Waals surface area contributed by atoms with Crippen molar-refractivity contribution in [1.29, 1.82) is 0 Å². The molecular weight excluding hydrogens is 419 g/mol. The van der Waals surface area contributed by atoms with Crippen molar-refractivity contribution in [2.24, 2.45) is 5.10 Å². The number of carbonyl (C=O) groups excluding carboxylic acids is 1. The van der Waals surface area contributed by atoms with Crippen LogP contribution in [0, 0.1) is 6.92 Å². The molecule has 0 saturated heterocycles. The molecule has 0 aliphatic carbocycles. The van der Waals surface area contributed by atoms with Gasteiger partial charge in [-0.05, 0) is 50.2 Å². The van der Waals surface area contributed by atoms with Crippen LogP contribution in [-0.4, -0.2) is 31.6 Å². The number of hydrogen-bond acceptors (Lipinski definition) is 5. The minimum absolute atomic E-state index is 0.0934. The standard InChI is InChI=1S/C19H16Cl2N4O4/c1-9(22-23-18(28)11-3-6-15(26)16(27)7-11)17-10(2)24-25(19(17)29)12-4-5-13(20)14(21)8-12/h3-8,24,26-27H,1-2H3,(H,23,28)/b22-9-. The van der Waals surface area contributed by atoms with Gasteiger partial charge in [-0.3, -0.25) is 14.7 Å². The fourth-order valence-corrected chi connectivity index (χ4v) is 2.99. The molecule has 0 aliphatic rings. The minimum atomic E-state index is -0.613. The first-order chi connectivity index (χ1) is 13.7. The predicted octanol–water partition coefficient (Wildman–Crippen LogP) is 3.35. The zero-order valence-corrected chi connectivity index (χ0v) is 16.8. The number of H-pyrrole nitrogens is 1. The van der Waals surface area contributed by atoms with Crippen LogP contribution in [0.1, 0.15) is 28.5 Å². The van der Waals surface area contributed by atoms with Crippen molar-refractivity contribution in [3.63, 3.8) is 0 Å². The number of phenolic OH excluding ortho intramolecular Hbond substituents is 2. The number of carbonyl (C=O) groups is 1. The Labute approximate surface area is 175 Å². The van der Waals surface area contributed by atoms with Gasteiger partial charge in [0.15, 0.2) is 11.5 Å². The fraction of sp³-hybridized carbons (Fsp3) is 0.105. The maximum absolute atomic E-state index is 12.8. The van der Waals surface area contributed by atoms with Gasteiger partial charge in [0, 0.05) is 11.3 Å². The van der Waals surface area contributed by atoms with Crippen molar-refractivity contribution in [2.45, 2.75) is 13.8 Å². The molecule has 0 bridgehead atoms. The number of hydrazone groups is 1. The molecule has 8 nitrogen and oxygen atoms in total. The van der Waals surface area contributed by atoms with E-state index < -0.39 is 11.7 Å². The zero-order valence-electron chi connectivity index (χ0n) is 15.3. The van der Waals surface area contributed by atoms with Crippen LogP contribution in [-0.2, 0) is 0 Å². The Hall–Kier alpha value is -3.23. The van der Waals surface area contributed by atoms with Gasteiger partial charge in [0.2, 0.25) is 0 Å². The van der Waals surface area contributed by atoms with Crippen LogP contribution < -0.4 is 11.0 Å². The van der Waals surface area contributed by atoms with E-state index in [2.05, 4.69) is 15.6 Å². The fourth-order valence-electron chi connectivity index (χ4n) is 2.70. The largest absolute Gasteiger partial charge is 0.504 e. The molecule has 2 aromatic carbocycles. The molecule has 4 N–H and O–H groups in total. The van der Waals surface area contributed by atoms with Crippen LogP contribution in [0.3, 0.4) is 0 Å². The molecule has 0 radical (unpaired) electrons. The summed E-state index contributed by atoms with van der Waals surface area (Å²) in [5.41, 5.74) is 3.63. The summed E-state index contributed by atoms with van der Waals surface area (Å²) in [5, 5.41) is 26.4. The molecular formula is C19H16Cl2N4O4. The van der Waals surface area contributed by atoms with Crippen molar-refractivity contribution in [1.82, 2.24) is 15.2 Å². The van der Waals surface area contributed by atoms with Gasteiger partial charge in [-0.25, -0.2) is 10.1 Å². The first-order valence-electron chi connectivity index (χ1n) is 8.33. The van der Waals surface area contributed by atoms with E-state index in [9.17, 15) is 19.8 Å². The van der Waals surface area contributed by atoms with E-state index in [0.717, 1.165) is 6.07 Å². The lowest BCUT2D eigenvalue weighted by Crippen LogP contribution is -2.23. The van der Waals surface area contributed by atoms with Crippen LogP contribution in [0.5, 0.6) is 11.5 Å². The average molecular weight is 435 g/mol. The number of aromatic nitrogens is 2. The first kappa shape index (κ1) is 20.5. The van der Waals surface area contributed by atoms with Crippen LogP contribution in [0.15, 0.2) is 46.3 Å². The molecule has 3 aromatic rings. The predicted molar refractivity (Wildman–Crippen MR) is 111 cm³/mol. The highest BCUT2D eigenvalue weighted by molar-refractivity contribution is 6.42. The number of phenols is 2. The molecule has 0 fully saturated rings. The summed E-state index contributed by atoms with van der Waals surface area (Å²) in [4.78, 5) is 25.0.